The van der Waals surface area contributed by atoms with Gasteiger partial charge in [-0.2, -0.15) is 0 Å². The van der Waals surface area contributed by atoms with Crippen molar-refractivity contribution in [3.8, 4) is 0 Å². The van der Waals surface area contributed by atoms with E-state index in [1.54, 1.807) is 0 Å². The lowest BCUT2D eigenvalue weighted by Gasteiger charge is -2.62. The monoisotopic (exact) mass is 196 g/mol. The number of hydrogen-bond donors (Lipinski definition) is 0. The normalized spacial score (nSPS) is 34.7. The maximum absolute atomic E-state index is 2.71. The first-order valence-electron chi connectivity index (χ1n) is 5.92. The van der Waals surface area contributed by atoms with Gasteiger partial charge in [-0.15, -0.1) is 0 Å². The molecule has 0 aromatic heterocycles. The molecule has 0 aromatic rings. The molecule has 0 N–H and O–H groups in total. The van der Waals surface area contributed by atoms with Crippen LogP contribution in [0.25, 0.3) is 0 Å². The largest absolute Gasteiger partial charge is 0.298 e. The highest BCUT2D eigenvalue weighted by atomic mass is 15.4. The van der Waals surface area contributed by atoms with E-state index in [2.05, 4.69) is 44.4 Å². The van der Waals surface area contributed by atoms with E-state index in [4.69, 9.17) is 0 Å². The Morgan fingerprint density at radius 2 is 1.57 bits per heavy atom. The van der Waals surface area contributed by atoms with Gasteiger partial charge in [0, 0.05) is 36.8 Å². The zero-order valence-corrected chi connectivity index (χ0v) is 10.2. The number of fused-ring (bicyclic) bond motifs is 2. The summed E-state index contributed by atoms with van der Waals surface area (Å²) in [5.41, 5.74) is 0.372. The number of nitrogens with zero attached hydrogens (tertiary/aromatic N) is 2. The third-order valence-electron chi connectivity index (χ3n) is 3.73. The first-order valence-corrected chi connectivity index (χ1v) is 5.92. The fourth-order valence-corrected chi connectivity index (χ4v) is 3.16. The number of piperidine rings is 1. The quantitative estimate of drug-likeness (QED) is 0.632. The molecule has 3 aliphatic heterocycles. The van der Waals surface area contributed by atoms with Crippen molar-refractivity contribution < 1.29 is 0 Å². The molecule has 14 heavy (non-hydrogen) atoms. The van der Waals surface area contributed by atoms with E-state index in [0.29, 0.717) is 5.54 Å². The Hall–Kier alpha value is -0.0800. The Kier molecular flexibility index (Phi) is 2.39. The van der Waals surface area contributed by atoms with Crippen LogP contribution in [0, 0.1) is 0 Å². The molecule has 0 aromatic carbocycles. The van der Waals surface area contributed by atoms with Crippen molar-refractivity contribution in [1.82, 2.24) is 9.80 Å². The minimum absolute atomic E-state index is 0.372. The number of hydrogen-bond acceptors (Lipinski definition) is 2. The van der Waals surface area contributed by atoms with Crippen LogP contribution < -0.4 is 0 Å². The highest BCUT2D eigenvalue weighted by molar-refractivity contribution is 5.05. The average Bonchev–Trinajstić information content (AvgIpc) is 2.00. The zero-order valence-electron chi connectivity index (χ0n) is 10.2. The fourth-order valence-electron chi connectivity index (χ4n) is 3.16. The van der Waals surface area contributed by atoms with Gasteiger partial charge in [0.05, 0.1) is 0 Å². The van der Waals surface area contributed by atoms with Crippen LogP contribution >= 0.6 is 0 Å². The molecule has 2 heteroatoms. The Morgan fingerprint density at radius 3 is 1.93 bits per heavy atom. The van der Waals surface area contributed by atoms with Gasteiger partial charge in [0.2, 0.25) is 0 Å². The van der Waals surface area contributed by atoms with Crippen LogP contribution in [0.4, 0.5) is 0 Å². The predicted octanol–water partition coefficient (Wildman–Crippen LogP) is 1.95. The summed E-state index contributed by atoms with van der Waals surface area (Å²) in [6.07, 6.45) is 1.43. The summed E-state index contributed by atoms with van der Waals surface area (Å²) in [5.74, 6) is 0. The average molecular weight is 196 g/mol. The first-order chi connectivity index (χ1) is 6.39. The van der Waals surface area contributed by atoms with Gasteiger partial charge in [-0.25, -0.2) is 0 Å². The molecule has 2 nitrogen and oxygen atoms in total. The minimum atomic E-state index is 0.372. The van der Waals surface area contributed by atoms with E-state index >= 15 is 0 Å². The summed E-state index contributed by atoms with van der Waals surface area (Å²) in [4.78, 5) is 5.34. The lowest BCUT2D eigenvalue weighted by molar-refractivity contribution is -0.125. The highest BCUT2D eigenvalue weighted by Crippen LogP contribution is 2.38. The molecular weight excluding hydrogens is 172 g/mol. The molecule has 0 radical (unpaired) electrons. The van der Waals surface area contributed by atoms with E-state index in [-0.39, 0.29) is 0 Å². The second kappa shape index (κ2) is 3.21. The molecule has 3 aliphatic rings. The SMILES string of the molecule is CC(C)N1CC2CC(C1)N2C(C)(C)C. The van der Waals surface area contributed by atoms with Crippen LogP contribution in [-0.4, -0.2) is 46.6 Å². The molecule has 3 fully saturated rings. The second-order valence-electron chi connectivity index (χ2n) is 6.17. The van der Waals surface area contributed by atoms with Crippen molar-refractivity contribution in [1.29, 1.82) is 0 Å². The molecule has 3 heterocycles. The molecular formula is C12H24N2. The van der Waals surface area contributed by atoms with Gasteiger partial charge in [-0.3, -0.25) is 9.80 Å². The van der Waals surface area contributed by atoms with E-state index in [9.17, 15) is 0 Å². The highest BCUT2D eigenvalue weighted by Gasteiger charge is 2.49. The van der Waals surface area contributed by atoms with E-state index in [1.807, 2.05) is 0 Å². The molecule has 0 amide bonds. The lowest BCUT2D eigenvalue weighted by Crippen LogP contribution is -2.73. The van der Waals surface area contributed by atoms with Crippen molar-refractivity contribution in [3.63, 3.8) is 0 Å². The zero-order chi connectivity index (χ0) is 10.5. The molecule has 2 unspecified atom stereocenters. The van der Waals surface area contributed by atoms with Crippen molar-refractivity contribution >= 4 is 0 Å². The maximum atomic E-state index is 2.71. The first kappa shape index (κ1) is 10.4. The third kappa shape index (κ3) is 1.59. The topological polar surface area (TPSA) is 6.48 Å². The second-order valence-corrected chi connectivity index (χ2v) is 6.17. The van der Waals surface area contributed by atoms with Crippen LogP contribution in [0.5, 0.6) is 0 Å². The Bertz CT molecular complexity index is 205. The Balaban J connectivity index is 2.00. The fraction of sp³-hybridized carbons (Fsp3) is 1.00. The molecule has 0 saturated carbocycles. The van der Waals surface area contributed by atoms with Crippen LogP contribution in [-0.2, 0) is 0 Å². The summed E-state index contributed by atoms with van der Waals surface area (Å²) in [7, 11) is 0. The molecule has 3 rings (SSSR count). The van der Waals surface area contributed by atoms with Gasteiger partial charge in [0.15, 0.2) is 0 Å². The van der Waals surface area contributed by atoms with E-state index in [1.165, 1.54) is 19.5 Å². The predicted molar refractivity (Wildman–Crippen MR) is 60.5 cm³/mol. The number of rotatable bonds is 1. The maximum Gasteiger partial charge on any atom is 0.0247 e. The van der Waals surface area contributed by atoms with Gasteiger partial charge in [0.25, 0.3) is 0 Å². The van der Waals surface area contributed by atoms with E-state index < -0.39 is 0 Å². The van der Waals surface area contributed by atoms with Crippen LogP contribution in [0.2, 0.25) is 0 Å². The summed E-state index contributed by atoms with van der Waals surface area (Å²) in [5, 5.41) is 0. The smallest absolute Gasteiger partial charge is 0.0247 e. The summed E-state index contributed by atoms with van der Waals surface area (Å²) >= 11 is 0. The van der Waals surface area contributed by atoms with Crippen molar-refractivity contribution in [2.75, 3.05) is 13.1 Å². The molecule has 2 atom stereocenters. The Morgan fingerprint density at radius 1 is 1.07 bits per heavy atom. The van der Waals surface area contributed by atoms with Gasteiger partial charge >= 0.3 is 0 Å². The lowest BCUT2D eigenvalue weighted by atomic mass is 9.81. The van der Waals surface area contributed by atoms with Crippen molar-refractivity contribution in [2.45, 2.75) is 64.7 Å². The van der Waals surface area contributed by atoms with Gasteiger partial charge in [-0.05, 0) is 41.0 Å². The van der Waals surface area contributed by atoms with Gasteiger partial charge in [0.1, 0.15) is 0 Å². The van der Waals surface area contributed by atoms with Crippen LogP contribution in [0.15, 0.2) is 0 Å². The summed E-state index contributed by atoms with van der Waals surface area (Å²) in [6, 6.07) is 2.38. The standard InChI is InChI=1S/C12H24N2/c1-9(2)13-7-10-6-11(8-13)14(10)12(3,4)5/h9-11H,6-8H2,1-5H3. The molecule has 82 valence electrons. The number of piperazine rings is 1. The molecule has 0 aliphatic carbocycles. The Labute approximate surface area is 88.3 Å². The van der Waals surface area contributed by atoms with Gasteiger partial charge in [-0.1, -0.05) is 0 Å². The molecule has 3 saturated heterocycles. The van der Waals surface area contributed by atoms with Crippen LogP contribution in [0.3, 0.4) is 0 Å². The van der Waals surface area contributed by atoms with Crippen LogP contribution in [0.1, 0.15) is 41.0 Å². The third-order valence-corrected chi connectivity index (χ3v) is 3.73. The van der Waals surface area contributed by atoms with Crippen molar-refractivity contribution in [3.05, 3.63) is 0 Å². The minimum Gasteiger partial charge on any atom is -0.298 e. The molecule has 0 spiro atoms. The molecule has 2 bridgehead atoms. The van der Waals surface area contributed by atoms with Gasteiger partial charge < -0.3 is 0 Å². The van der Waals surface area contributed by atoms with Crippen molar-refractivity contribution in [2.24, 2.45) is 0 Å². The van der Waals surface area contributed by atoms with E-state index in [0.717, 1.165) is 18.1 Å². The summed E-state index contributed by atoms with van der Waals surface area (Å²) in [6.45, 7) is 14.2. The summed E-state index contributed by atoms with van der Waals surface area (Å²) < 4.78 is 0.